The first-order valence-corrected chi connectivity index (χ1v) is 6.81. The van der Waals surface area contributed by atoms with Crippen molar-refractivity contribution in [2.24, 2.45) is 5.73 Å². The van der Waals surface area contributed by atoms with Crippen molar-refractivity contribution in [2.45, 2.75) is 32.2 Å². The molecule has 2 rings (SSSR count). The van der Waals surface area contributed by atoms with Gasteiger partial charge in [-0.05, 0) is 37.6 Å². The molecule has 0 bridgehead atoms. The molecule has 0 spiro atoms. The van der Waals surface area contributed by atoms with Crippen molar-refractivity contribution in [3.8, 4) is 0 Å². The fourth-order valence-corrected chi connectivity index (χ4v) is 3.00. The van der Waals surface area contributed by atoms with Crippen LogP contribution in [0.5, 0.6) is 0 Å². The topological polar surface area (TPSA) is 38.9 Å². The fraction of sp³-hybridized carbons (Fsp3) is 0.357. The van der Waals surface area contributed by atoms with Gasteiger partial charge in [-0.15, -0.1) is 11.3 Å². The molecule has 0 radical (unpaired) electrons. The summed E-state index contributed by atoms with van der Waals surface area (Å²) in [7, 11) is 0. The summed E-state index contributed by atoms with van der Waals surface area (Å²) in [6.45, 7) is 4.07. The molecule has 2 heterocycles. The van der Waals surface area contributed by atoms with Gasteiger partial charge in [-0.1, -0.05) is 6.92 Å². The van der Waals surface area contributed by atoms with Gasteiger partial charge in [-0.3, -0.25) is 4.98 Å². The molecule has 0 saturated heterocycles. The number of rotatable bonds is 4. The number of hydrogen-bond acceptors (Lipinski definition) is 3. The minimum absolute atomic E-state index is 0.334. The van der Waals surface area contributed by atoms with Gasteiger partial charge in [-0.25, -0.2) is 4.39 Å². The van der Waals surface area contributed by atoms with Gasteiger partial charge in [0.25, 0.3) is 0 Å². The van der Waals surface area contributed by atoms with E-state index in [0.717, 1.165) is 18.5 Å². The van der Waals surface area contributed by atoms with Crippen LogP contribution in [0.4, 0.5) is 4.39 Å². The third-order valence-electron chi connectivity index (χ3n) is 2.92. The maximum absolute atomic E-state index is 12.8. The Kier molecular flexibility index (Phi) is 3.78. The van der Waals surface area contributed by atoms with E-state index < -0.39 is 5.54 Å². The van der Waals surface area contributed by atoms with Crippen molar-refractivity contribution in [2.75, 3.05) is 0 Å². The largest absolute Gasteiger partial charge is 0.320 e. The molecular formula is C14H17FN2S. The molecule has 0 aliphatic heterocycles. The Labute approximate surface area is 111 Å². The minimum atomic E-state index is -0.566. The van der Waals surface area contributed by atoms with Crippen LogP contribution in [0, 0.1) is 5.82 Å². The lowest BCUT2D eigenvalue weighted by Gasteiger charge is -2.23. The second-order valence-electron chi connectivity index (χ2n) is 4.68. The molecule has 0 fully saturated rings. The lowest BCUT2D eigenvalue weighted by Crippen LogP contribution is -2.36. The van der Waals surface area contributed by atoms with Crippen LogP contribution in [-0.2, 0) is 18.4 Å². The van der Waals surface area contributed by atoms with Crippen LogP contribution in [-0.4, -0.2) is 4.98 Å². The molecule has 2 aromatic heterocycles. The van der Waals surface area contributed by atoms with Gasteiger partial charge in [0.15, 0.2) is 0 Å². The van der Waals surface area contributed by atoms with Gasteiger partial charge in [0.2, 0.25) is 0 Å². The van der Waals surface area contributed by atoms with E-state index in [4.69, 9.17) is 5.73 Å². The second-order valence-corrected chi connectivity index (χ2v) is 5.93. The zero-order valence-electron chi connectivity index (χ0n) is 10.6. The molecule has 96 valence electrons. The Balaban J connectivity index is 2.18. The SMILES string of the molecule is CCc1ccc(CC(C)(N)c2ccc(F)cn2)s1. The van der Waals surface area contributed by atoms with E-state index in [-0.39, 0.29) is 5.82 Å². The minimum Gasteiger partial charge on any atom is -0.320 e. The number of hydrogen-bond donors (Lipinski definition) is 1. The van der Waals surface area contributed by atoms with Crippen LogP contribution in [0.3, 0.4) is 0 Å². The quantitative estimate of drug-likeness (QED) is 0.920. The van der Waals surface area contributed by atoms with Gasteiger partial charge >= 0.3 is 0 Å². The highest BCUT2D eigenvalue weighted by Gasteiger charge is 2.24. The highest BCUT2D eigenvalue weighted by molar-refractivity contribution is 7.12. The first-order chi connectivity index (χ1) is 8.51. The summed E-state index contributed by atoms with van der Waals surface area (Å²) >= 11 is 1.78. The molecule has 0 aliphatic carbocycles. The number of nitrogens with zero attached hydrogens (tertiary/aromatic N) is 1. The van der Waals surface area contributed by atoms with E-state index >= 15 is 0 Å². The van der Waals surface area contributed by atoms with Crippen LogP contribution >= 0.6 is 11.3 Å². The molecule has 0 amide bonds. The van der Waals surface area contributed by atoms with Gasteiger partial charge < -0.3 is 5.73 Å². The van der Waals surface area contributed by atoms with Gasteiger partial charge in [-0.2, -0.15) is 0 Å². The van der Waals surface area contributed by atoms with Crippen molar-refractivity contribution >= 4 is 11.3 Å². The Hall–Kier alpha value is -1.26. The predicted molar refractivity (Wildman–Crippen MR) is 73.1 cm³/mol. The summed E-state index contributed by atoms with van der Waals surface area (Å²) in [4.78, 5) is 6.67. The molecule has 0 aromatic carbocycles. The van der Waals surface area contributed by atoms with Crippen molar-refractivity contribution in [3.63, 3.8) is 0 Å². The number of thiophene rings is 1. The fourth-order valence-electron chi connectivity index (χ4n) is 1.87. The third kappa shape index (κ3) is 2.94. The maximum Gasteiger partial charge on any atom is 0.141 e. The molecule has 2 nitrogen and oxygen atoms in total. The zero-order valence-corrected chi connectivity index (χ0v) is 11.4. The van der Waals surface area contributed by atoms with Crippen LogP contribution in [0.1, 0.15) is 29.3 Å². The van der Waals surface area contributed by atoms with E-state index in [1.54, 1.807) is 17.4 Å². The lowest BCUT2D eigenvalue weighted by molar-refractivity contribution is 0.476. The van der Waals surface area contributed by atoms with E-state index in [0.29, 0.717) is 0 Å². The molecule has 2 aromatic rings. The van der Waals surface area contributed by atoms with Crippen LogP contribution < -0.4 is 5.73 Å². The highest BCUT2D eigenvalue weighted by Crippen LogP contribution is 2.26. The average Bonchev–Trinajstić information content (AvgIpc) is 2.76. The smallest absolute Gasteiger partial charge is 0.141 e. The molecule has 18 heavy (non-hydrogen) atoms. The Morgan fingerprint density at radius 2 is 2.00 bits per heavy atom. The number of aryl methyl sites for hydroxylation is 1. The summed E-state index contributed by atoms with van der Waals surface area (Å²) in [5.74, 6) is -0.334. The number of pyridine rings is 1. The first kappa shape index (κ1) is 13.2. The Morgan fingerprint density at radius 3 is 2.56 bits per heavy atom. The predicted octanol–water partition coefficient (Wildman–Crippen LogP) is 3.26. The summed E-state index contributed by atoms with van der Waals surface area (Å²) in [5, 5.41) is 0. The Bertz CT molecular complexity index is 517. The molecule has 4 heteroatoms. The molecule has 0 saturated carbocycles. The summed E-state index contributed by atoms with van der Waals surface area (Å²) in [6.07, 6.45) is 2.98. The normalized spacial score (nSPS) is 14.4. The van der Waals surface area contributed by atoms with Gasteiger partial charge in [0.1, 0.15) is 5.82 Å². The zero-order chi connectivity index (χ0) is 13.2. The molecule has 1 unspecified atom stereocenters. The van der Waals surface area contributed by atoms with Crippen LogP contribution in [0.2, 0.25) is 0 Å². The van der Waals surface area contributed by atoms with Crippen molar-refractivity contribution < 1.29 is 4.39 Å². The molecule has 2 N–H and O–H groups in total. The molecular weight excluding hydrogens is 247 g/mol. The van der Waals surface area contributed by atoms with Crippen LogP contribution in [0.15, 0.2) is 30.5 Å². The van der Waals surface area contributed by atoms with Crippen molar-refractivity contribution in [1.29, 1.82) is 0 Å². The van der Waals surface area contributed by atoms with Gasteiger partial charge in [0.05, 0.1) is 17.4 Å². The van der Waals surface area contributed by atoms with E-state index in [2.05, 4.69) is 24.0 Å². The standard InChI is InChI=1S/C14H17FN2S/c1-3-11-5-6-12(18-11)8-14(2,16)13-7-4-10(15)9-17-13/h4-7,9H,3,8,16H2,1-2H3. The summed E-state index contributed by atoms with van der Waals surface area (Å²) in [6, 6.07) is 7.30. The monoisotopic (exact) mass is 264 g/mol. The second kappa shape index (κ2) is 5.16. The van der Waals surface area contributed by atoms with Crippen molar-refractivity contribution in [3.05, 3.63) is 51.7 Å². The van der Waals surface area contributed by atoms with E-state index in [1.165, 1.54) is 22.0 Å². The third-order valence-corrected chi connectivity index (χ3v) is 4.15. The van der Waals surface area contributed by atoms with Crippen molar-refractivity contribution in [1.82, 2.24) is 4.98 Å². The maximum atomic E-state index is 12.8. The first-order valence-electron chi connectivity index (χ1n) is 6.00. The average molecular weight is 264 g/mol. The molecule has 1 atom stereocenters. The van der Waals surface area contributed by atoms with Gasteiger partial charge in [0, 0.05) is 16.2 Å². The number of aromatic nitrogens is 1. The number of nitrogens with two attached hydrogens (primary N) is 1. The summed E-state index contributed by atoms with van der Waals surface area (Å²) < 4.78 is 12.8. The molecule has 0 aliphatic rings. The van der Waals surface area contributed by atoms with Crippen LogP contribution in [0.25, 0.3) is 0 Å². The Morgan fingerprint density at radius 1 is 1.28 bits per heavy atom. The van der Waals surface area contributed by atoms with E-state index in [9.17, 15) is 4.39 Å². The number of halogens is 1. The lowest BCUT2D eigenvalue weighted by atomic mass is 9.93. The summed E-state index contributed by atoms with van der Waals surface area (Å²) in [5.41, 5.74) is 6.44. The van der Waals surface area contributed by atoms with E-state index in [1.807, 2.05) is 6.92 Å². The highest BCUT2D eigenvalue weighted by atomic mass is 32.1.